The molecule has 262 valence electrons. The molecule has 0 radical (unpaired) electrons. The summed E-state index contributed by atoms with van der Waals surface area (Å²) in [4.78, 5) is 64.5. The number of aliphatic imine (C=N–C) groups is 1. The molecule has 0 aromatic heterocycles. The zero-order chi connectivity index (χ0) is 35.1. The number of benzene rings is 2. The fourth-order valence-electron chi connectivity index (χ4n) is 6.90. The molecule has 0 spiro atoms. The third kappa shape index (κ3) is 8.28. The van der Waals surface area contributed by atoms with Gasteiger partial charge < -0.3 is 24.0 Å². The third-order valence-electron chi connectivity index (χ3n) is 9.47. The molecule has 2 fully saturated rings. The maximum Gasteiger partial charge on any atom is 0.336 e. The molecule has 5 rings (SSSR count). The van der Waals surface area contributed by atoms with Gasteiger partial charge in [-0.25, -0.2) is 4.79 Å². The molecule has 2 saturated heterocycles. The molecule has 0 aliphatic carbocycles. The van der Waals surface area contributed by atoms with Crippen molar-refractivity contribution in [2.45, 2.75) is 38.0 Å². The second-order valence-electron chi connectivity index (χ2n) is 12.3. The lowest BCUT2D eigenvalue weighted by Crippen LogP contribution is -2.51. The van der Waals surface area contributed by atoms with Crippen LogP contribution in [0.5, 0.6) is 5.75 Å². The highest BCUT2D eigenvalue weighted by molar-refractivity contribution is 6.36. The topological polar surface area (TPSA) is 118 Å². The average Bonchev–Trinajstić information content (AvgIpc) is 3.66. The Hall–Kier alpha value is -3.93. The number of likely N-dealkylation sites (tertiary alicyclic amines) is 1. The van der Waals surface area contributed by atoms with Crippen LogP contribution in [0.15, 0.2) is 58.7 Å². The number of hydrogen-bond acceptors (Lipinski definition) is 9. The van der Waals surface area contributed by atoms with E-state index in [-0.39, 0.29) is 46.0 Å². The minimum Gasteiger partial charge on any atom is -0.496 e. The van der Waals surface area contributed by atoms with Gasteiger partial charge in [0.15, 0.2) is 0 Å². The maximum atomic E-state index is 13.9. The largest absolute Gasteiger partial charge is 0.496 e. The van der Waals surface area contributed by atoms with Crippen molar-refractivity contribution in [3.63, 3.8) is 0 Å². The first-order valence-electron chi connectivity index (χ1n) is 16.5. The Bertz CT molecular complexity index is 1610. The number of para-hydroxylation sites is 1. The molecule has 0 N–H and O–H groups in total. The van der Waals surface area contributed by atoms with Crippen molar-refractivity contribution in [3.05, 3.63) is 74.9 Å². The number of hydrogen-bond donors (Lipinski definition) is 0. The molecular weight excluding hydrogens is 671 g/mol. The summed E-state index contributed by atoms with van der Waals surface area (Å²) in [6.45, 7) is 3.85. The van der Waals surface area contributed by atoms with Crippen LogP contribution in [0, 0.1) is 5.92 Å². The summed E-state index contributed by atoms with van der Waals surface area (Å²) in [5.74, 6) is -2.95. The zero-order valence-electron chi connectivity index (χ0n) is 28.1. The monoisotopic (exact) mass is 712 g/mol. The molecule has 2 atom stereocenters. The van der Waals surface area contributed by atoms with Gasteiger partial charge >= 0.3 is 11.9 Å². The van der Waals surface area contributed by atoms with Gasteiger partial charge in [0, 0.05) is 60.9 Å². The second-order valence-corrected chi connectivity index (χ2v) is 13.1. The highest BCUT2D eigenvalue weighted by Gasteiger charge is 2.46. The predicted octanol–water partition coefficient (Wildman–Crippen LogP) is 4.55. The van der Waals surface area contributed by atoms with Gasteiger partial charge in [0.1, 0.15) is 11.7 Å². The number of ether oxygens (including phenoxy) is 3. The summed E-state index contributed by atoms with van der Waals surface area (Å²) in [5.41, 5.74) is 1.86. The van der Waals surface area contributed by atoms with Crippen LogP contribution in [0.1, 0.15) is 42.7 Å². The van der Waals surface area contributed by atoms with Gasteiger partial charge in [0.2, 0.25) is 11.8 Å². The summed E-state index contributed by atoms with van der Waals surface area (Å²) in [5, 5.41) is 0.480. The quantitative estimate of drug-likeness (QED) is 0.312. The van der Waals surface area contributed by atoms with Gasteiger partial charge in [-0.3, -0.25) is 24.3 Å². The molecule has 3 heterocycles. The minimum absolute atomic E-state index is 0.0251. The predicted molar refractivity (Wildman–Crippen MR) is 186 cm³/mol. The fraction of sp³-hybridized carbons (Fsp3) is 0.472. The molecule has 13 heteroatoms. The van der Waals surface area contributed by atoms with Crippen LogP contribution in [0.4, 0.5) is 0 Å². The number of aryl methyl sites for hydroxylation is 1. The first kappa shape index (κ1) is 36.4. The number of esters is 2. The van der Waals surface area contributed by atoms with E-state index in [1.807, 2.05) is 29.2 Å². The molecular formula is C36H42Cl2N4O7. The Morgan fingerprint density at radius 3 is 2.08 bits per heavy atom. The summed E-state index contributed by atoms with van der Waals surface area (Å²) in [6.07, 6.45) is 2.58. The van der Waals surface area contributed by atoms with Gasteiger partial charge in [-0.15, -0.1) is 0 Å². The van der Waals surface area contributed by atoms with E-state index in [2.05, 4.69) is 4.90 Å². The molecule has 2 aromatic carbocycles. The van der Waals surface area contributed by atoms with Crippen molar-refractivity contribution in [1.82, 2.24) is 14.7 Å². The number of amides is 2. The van der Waals surface area contributed by atoms with Crippen molar-refractivity contribution in [3.8, 4) is 5.75 Å². The molecule has 0 bridgehead atoms. The molecule has 49 heavy (non-hydrogen) atoms. The van der Waals surface area contributed by atoms with E-state index in [1.165, 1.54) is 14.2 Å². The van der Waals surface area contributed by atoms with Crippen LogP contribution in [0.25, 0.3) is 0 Å². The number of piperazine rings is 1. The van der Waals surface area contributed by atoms with E-state index >= 15 is 0 Å². The van der Waals surface area contributed by atoms with Gasteiger partial charge in [-0.2, -0.15) is 0 Å². The fourth-order valence-corrected chi connectivity index (χ4v) is 7.53. The van der Waals surface area contributed by atoms with E-state index in [1.54, 1.807) is 30.2 Å². The van der Waals surface area contributed by atoms with Gasteiger partial charge in [0.05, 0.1) is 45.6 Å². The molecule has 2 unspecified atom stereocenters. The van der Waals surface area contributed by atoms with Crippen LogP contribution in [0.3, 0.4) is 0 Å². The SMILES string of the molecule is COC(=O)C1=C(CC(=O)N2CCN(CC(=O)N3CCCC3)CC2)N=C(CCc2ccccc2OC)C(C(=O)OC)C1c1c(Cl)cccc1Cl. The number of nitrogens with zero attached hydrogens (tertiary/aromatic N) is 4. The van der Waals surface area contributed by atoms with Crippen molar-refractivity contribution < 1.29 is 33.4 Å². The van der Waals surface area contributed by atoms with Crippen LogP contribution >= 0.6 is 23.2 Å². The molecule has 3 aliphatic rings. The Kier molecular flexibility index (Phi) is 12.4. The van der Waals surface area contributed by atoms with E-state index in [9.17, 15) is 19.2 Å². The van der Waals surface area contributed by atoms with Gasteiger partial charge in [-0.1, -0.05) is 47.5 Å². The number of carbonyl (C=O) groups is 4. The maximum absolute atomic E-state index is 13.9. The van der Waals surface area contributed by atoms with E-state index < -0.39 is 23.8 Å². The lowest BCUT2D eigenvalue weighted by molar-refractivity contribution is -0.144. The summed E-state index contributed by atoms with van der Waals surface area (Å²) in [7, 11) is 4.09. The lowest BCUT2D eigenvalue weighted by Gasteiger charge is -2.36. The molecule has 3 aliphatic heterocycles. The zero-order valence-corrected chi connectivity index (χ0v) is 29.6. The summed E-state index contributed by atoms with van der Waals surface area (Å²) < 4.78 is 16.1. The van der Waals surface area contributed by atoms with Crippen LogP contribution in [-0.2, 0) is 35.1 Å². The van der Waals surface area contributed by atoms with E-state index in [0.29, 0.717) is 56.2 Å². The van der Waals surface area contributed by atoms with Crippen molar-refractivity contribution in [1.29, 1.82) is 0 Å². The third-order valence-corrected chi connectivity index (χ3v) is 10.1. The molecule has 2 aromatic rings. The van der Waals surface area contributed by atoms with E-state index in [0.717, 1.165) is 31.5 Å². The van der Waals surface area contributed by atoms with Gasteiger partial charge in [0.25, 0.3) is 0 Å². The Morgan fingerprint density at radius 1 is 0.796 bits per heavy atom. The molecule has 2 amide bonds. The summed E-state index contributed by atoms with van der Waals surface area (Å²) in [6, 6.07) is 12.5. The highest BCUT2D eigenvalue weighted by Crippen LogP contribution is 2.46. The first-order valence-corrected chi connectivity index (χ1v) is 17.2. The molecule has 11 nitrogen and oxygen atoms in total. The highest BCUT2D eigenvalue weighted by atomic mass is 35.5. The smallest absolute Gasteiger partial charge is 0.336 e. The number of carbonyl (C=O) groups excluding carboxylic acids is 4. The lowest BCUT2D eigenvalue weighted by atomic mass is 9.73. The number of halogens is 2. The Morgan fingerprint density at radius 2 is 1.45 bits per heavy atom. The normalized spacial score (nSPS) is 19.8. The Balaban J connectivity index is 1.49. The van der Waals surface area contributed by atoms with Crippen molar-refractivity contribution >= 4 is 52.7 Å². The van der Waals surface area contributed by atoms with Gasteiger partial charge in [-0.05, 0) is 55.0 Å². The average molecular weight is 714 g/mol. The minimum atomic E-state index is -1.08. The van der Waals surface area contributed by atoms with Crippen LogP contribution < -0.4 is 4.74 Å². The van der Waals surface area contributed by atoms with E-state index in [4.69, 9.17) is 42.4 Å². The van der Waals surface area contributed by atoms with Crippen LogP contribution in [-0.4, -0.2) is 111 Å². The summed E-state index contributed by atoms with van der Waals surface area (Å²) >= 11 is 13.5. The van der Waals surface area contributed by atoms with Crippen molar-refractivity contribution in [2.75, 3.05) is 67.1 Å². The molecule has 0 saturated carbocycles. The first-order chi connectivity index (χ1) is 23.7. The van der Waals surface area contributed by atoms with Crippen molar-refractivity contribution in [2.24, 2.45) is 10.9 Å². The standard InChI is InChI=1S/C36H42Cl2N4O7/c1-47-28-12-5-4-9-23(28)13-14-26-32(35(45)48-2)34(31-24(37)10-8-11-25(31)38)33(36(46)49-3)27(39-26)21-29(43)42-19-17-40(18-20-42)22-30(44)41-15-6-7-16-41/h4-5,8-12,32,34H,6-7,13-22H2,1-3H3. The number of rotatable bonds is 11. The Labute approximate surface area is 296 Å². The second kappa shape index (κ2) is 16.7. The number of methoxy groups -OCH3 is 3. The van der Waals surface area contributed by atoms with Crippen LogP contribution in [0.2, 0.25) is 10.0 Å².